The van der Waals surface area contributed by atoms with E-state index in [-0.39, 0.29) is 4.90 Å². The summed E-state index contributed by atoms with van der Waals surface area (Å²) in [6.45, 7) is 0. The third-order valence-corrected chi connectivity index (χ3v) is 4.70. The molecule has 0 spiro atoms. The van der Waals surface area contributed by atoms with E-state index in [0.29, 0.717) is 11.3 Å². The van der Waals surface area contributed by atoms with Gasteiger partial charge in [-0.1, -0.05) is 30.3 Å². The van der Waals surface area contributed by atoms with Crippen molar-refractivity contribution in [1.29, 1.82) is 0 Å². The maximum Gasteiger partial charge on any atom is 0.322 e. The number of hydrogen-bond donors (Lipinski definition) is 3. The van der Waals surface area contributed by atoms with E-state index in [4.69, 9.17) is 0 Å². The number of amides is 3. The number of benzene rings is 2. The van der Waals surface area contributed by atoms with Crippen LogP contribution in [0.2, 0.25) is 0 Å². The van der Waals surface area contributed by atoms with Crippen molar-refractivity contribution in [2.45, 2.75) is 10.9 Å². The van der Waals surface area contributed by atoms with Gasteiger partial charge in [0, 0.05) is 5.69 Å². The van der Waals surface area contributed by atoms with E-state index in [0.717, 1.165) is 0 Å². The molecule has 3 amide bonds. The summed E-state index contributed by atoms with van der Waals surface area (Å²) < 4.78 is 27.0. The number of rotatable bonds is 4. The molecule has 118 valence electrons. The van der Waals surface area contributed by atoms with Crippen molar-refractivity contribution in [2.24, 2.45) is 0 Å². The molecule has 0 aliphatic carbocycles. The fourth-order valence-corrected chi connectivity index (χ4v) is 3.32. The first-order valence-electron chi connectivity index (χ1n) is 6.75. The van der Waals surface area contributed by atoms with Crippen molar-refractivity contribution in [3.8, 4) is 0 Å². The second-order valence-electron chi connectivity index (χ2n) is 4.94. The van der Waals surface area contributed by atoms with Crippen LogP contribution in [0.15, 0.2) is 59.5 Å². The van der Waals surface area contributed by atoms with Gasteiger partial charge in [0.05, 0.1) is 4.90 Å². The van der Waals surface area contributed by atoms with Gasteiger partial charge in [0.1, 0.15) is 6.04 Å². The van der Waals surface area contributed by atoms with Crippen LogP contribution in [0.3, 0.4) is 0 Å². The first-order chi connectivity index (χ1) is 11.0. The third-order valence-electron chi connectivity index (χ3n) is 3.30. The summed E-state index contributed by atoms with van der Waals surface area (Å²) in [5.74, 6) is -0.474. The maximum atomic E-state index is 12.3. The van der Waals surface area contributed by atoms with Gasteiger partial charge in [0.15, 0.2) is 0 Å². The Morgan fingerprint density at radius 3 is 2.35 bits per heavy atom. The largest absolute Gasteiger partial charge is 0.322 e. The highest BCUT2D eigenvalue weighted by Gasteiger charge is 2.31. The third kappa shape index (κ3) is 3.16. The summed E-state index contributed by atoms with van der Waals surface area (Å²) in [5.41, 5.74) is 0.793. The standard InChI is InChI=1S/C15H13N3O4S/c19-14-13(16-15(20)17-14)10-5-4-6-11(9-10)18-23(21,22)12-7-2-1-3-8-12/h1-9,13,18H,(H2,16,17,19,20). The minimum Gasteiger partial charge on any atom is -0.322 e. The molecule has 1 unspecified atom stereocenters. The molecule has 0 bridgehead atoms. The monoisotopic (exact) mass is 331 g/mol. The summed E-state index contributed by atoms with van der Waals surface area (Å²) in [7, 11) is -3.72. The van der Waals surface area contributed by atoms with E-state index in [2.05, 4.69) is 15.4 Å². The number of nitrogens with one attached hydrogen (secondary N) is 3. The lowest BCUT2D eigenvalue weighted by molar-refractivity contribution is -0.120. The zero-order valence-electron chi connectivity index (χ0n) is 11.8. The first kappa shape index (κ1) is 15.0. The molecule has 7 nitrogen and oxygen atoms in total. The molecule has 1 heterocycles. The van der Waals surface area contributed by atoms with E-state index in [1.165, 1.54) is 18.2 Å². The van der Waals surface area contributed by atoms with Crippen LogP contribution in [0.5, 0.6) is 0 Å². The molecule has 1 aliphatic heterocycles. The van der Waals surface area contributed by atoms with Gasteiger partial charge in [0.25, 0.3) is 15.9 Å². The second-order valence-corrected chi connectivity index (χ2v) is 6.62. The average Bonchev–Trinajstić information content (AvgIpc) is 2.87. The molecule has 23 heavy (non-hydrogen) atoms. The molecule has 2 aromatic carbocycles. The quantitative estimate of drug-likeness (QED) is 0.736. The summed E-state index contributed by atoms with van der Waals surface area (Å²) >= 11 is 0. The maximum absolute atomic E-state index is 12.3. The summed E-state index contributed by atoms with van der Waals surface area (Å²) in [6.07, 6.45) is 0. The molecule has 0 aromatic heterocycles. The zero-order valence-corrected chi connectivity index (χ0v) is 12.6. The molecule has 1 atom stereocenters. The molecule has 3 rings (SSSR count). The predicted octanol–water partition coefficient (Wildman–Crippen LogP) is 1.37. The van der Waals surface area contributed by atoms with Crippen molar-refractivity contribution in [2.75, 3.05) is 4.72 Å². The molecule has 1 saturated heterocycles. The molecule has 1 fully saturated rings. The summed E-state index contributed by atoms with van der Waals surface area (Å²) in [4.78, 5) is 23.0. The van der Waals surface area contributed by atoms with Crippen molar-refractivity contribution >= 4 is 27.6 Å². The zero-order chi connectivity index (χ0) is 16.4. The Morgan fingerprint density at radius 1 is 0.957 bits per heavy atom. The fourth-order valence-electron chi connectivity index (χ4n) is 2.25. The Morgan fingerprint density at radius 2 is 1.70 bits per heavy atom. The minimum absolute atomic E-state index is 0.136. The average molecular weight is 331 g/mol. The highest BCUT2D eigenvalue weighted by atomic mass is 32.2. The number of sulfonamides is 1. The van der Waals surface area contributed by atoms with Gasteiger partial charge in [-0.3, -0.25) is 14.8 Å². The van der Waals surface area contributed by atoms with E-state index < -0.39 is 28.0 Å². The van der Waals surface area contributed by atoms with Gasteiger partial charge in [-0.15, -0.1) is 0 Å². The lowest BCUT2D eigenvalue weighted by Gasteiger charge is -2.12. The van der Waals surface area contributed by atoms with Gasteiger partial charge < -0.3 is 5.32 Å². The molecule has 3 N–H and O–H groups in total. The Bertz CT molecular complexity index is 865. The van der Waals surface area contributed by atoms with Crippen molar-refractivity contribution in [3.63, 3.8) is 0 Å². The normalized spacial score (nSPS) is 17.5. The van der Waals surface area contributed by atoms with Crippen LogP contribution in [-0.4, -0.2) is 20.4 Å². The predicted molar refractivity (Wildman–Crippen MR) is 83.1 cm³/mol. The molecular weight excluding hydrogens is 318 g/mol. The van der Waals surface area contributed by atoms with Gasteiger partial charge in [-0.25, -0.2) is 13.2 Å². The Balaban J connectivity index is 1.86. The number of imide groups is 1. The van der Waals surface area contributed by atoms with Crippen molar-refractivity contribution in [1.82, 2.24) is 10.6 Å². The number of anilines is 1. The van der Waals surface area contributed by atoms with Crippen LogP contribution in [0.4, 0.5) is 10.5 Å². The van der Waals surface area contributed by atoms with Gasteiger partial charge in [-0.2, -0.15) is 0 Å². The SMILES string of the molecule is O=C1NC(=O)C(c2cccc(NS(=O)(=O)c3ccccc3)c2)N1. The summed E-state index contributed by atoms with van der Waals surface area (Å²) in [5, 5.41) is 4.60. The summed E-state index contributed by atoms with van der Waals surface area (Å²) in [6, 6.07) is 12.9. The lowest BCUT2D eigenvalue weighted by atomic mass is 10.1. The van der Waals surface area contributed by atoms with Gasteiger partial charge in [-0.05, 0) is 29.8 Å². The minimum atomic E-state index is -3.72. The molecule has 0 saturated carbocycles. The smallest absolute Gasteiger partial charge is 0.322 e. The number of urea groups is 1. The van der Waals surface area contributed by atoms with Crippen molar-refractivity contribution in [3.05, 3.63) is 60.2 Å². The van der Waals surface area contributed by atoms with Gasteiger partial charge in [0.2, 0.25) is 0 Å². The first-order valence-corrected chi connectivity index (χ1v) is 8.23. The van der Waals surface area contributed by atoms with E-state index >= 15 is 0 Å². The molecule has 2 aromatic rings. The van der Waals surface area contributed by atoms with Crippen LogP contribution >= 0.6 is 0 Å². The van der Waals surface area contributed by atoms with Crippen LogP contribution in [0, 0.1) is 0 Å². The highest BCUT2D eigenvalue weighted by molar-refractivity contribution is 7.92. The van der Waals surface area contributed by atoms with Crippen molar-refractivity contribution < 1.29 is 18.0 Å². The fraction of sp³-hybridized carbons (Fsp3) is 0.0667. The van der Waals surface area contributed by atoms with Gasteiger partial charge >= 0.3 is 6.03 Å². The van der Waals surface area contributed by atoms with E-state index in [1.807, 2.05) is 0 Å². The van der Waals surface area contributed by atoms with Crippen LogP contribution < -0.4 is 15.4 Å². The van der Waals surface area contributed by atoms with Crippen LogP contribution in [0.25, 0.3) is 0 Å². The topological polar surface area (TPSA) is 104 Å². The van der Waals surface area contributed by atoms with Crippen LogP contribution in [-0.2, 0) is 14.8 Å². The van der Waals surface area contributed by atoms with E-state index in [9.17, 15) is 18.0 Å². The second kappa shape index (κ2) is 5.73. The lowest BCUT2D eigenvalue weighted by Crippen LogP contribution is -2.22. The molecular formula is C15H13N3O4S. The number of hydrogen-bond acceptors (Lipinski definition) is 4. The molecule has 8 heteroatoms. The Hall–Kier alpha value is -2.87. The number of carbonyl (C=O) groups is 2. The molecule has 0 radical (unpaired) electrons. The molecule has 1 aliphatic rings. The Kier molecular flexibility index (Phi) is 3.75. The van der Waals surface area contributed by atoms with Crippen LogP contribution in [0.1, 0.15) is 11.6 Å². The highest BCUT2D eigenvalue weighted by Crippen LogP contribution is 2.22. The van der Waals surface area contributed by atoms with E-state index in [1.54, 1.807) is 36.4 Å². The number of carbonyl (C=O) groups excluding carboxylic acids is 2. The Labute approximate surface area is 132 Å².